The van der Waals surface area contributed by atoms with Gasteiger partial charge in [0.2, 0.25) is 0 Å². The lowest BCUT2D eigenvalue weighted by atomic mass is 10.2. The Labute approximate surface area is 105 Å². The smallest absolute Gasteiger partial charge is 0.125 e. The second-order valence-electron chi connectivity index (χ2n) is 3.28. The van der Waals surface area contributed by atoms with E-state index in [0.29, 0.717) is 12.2 Å². The zero-order valence-corrected chi connectivity index (χ0v) is 10.7. The first-order valence-corrected chi connectivity index (χ1v) is 6.35. The number of benzene rings is 1. The maximum atomic E-state index is 12.8. The molecular weight excluding hydrogens is 291 g/mol. The number of anilines is 2. The van der Waals surface area contributed by atoms with Crippen LogP contribution < -0.4 is 11.1 Å². The van der Waals surface area contributed by atoms with E-state index in [-0.39, 0.29) is 5.82 Å². The standard InChI is InChI=1S/C11H10BrFN2S/c12-8-3-4-16-11(8)6-15-10-2-1-7(13)5-9(10)14/h1-5,15H,6,14H2. The van der Waals surface area contributed by atoms with Crippen molar-refractivity contribution in [1.82, 2.24) is 0 Å². The first kappa shape index (κ1) is 11.4. The van der Waals surface area contributed by atoms with Gasteiger partial charge in [-0.25, -0.2) is 4.39 Å². The summed E-state index contributed by atoms with van der Waals surface area (Å²) in [6, 6.07) is 6.34. The monoisotopic (exact) mass is 300 g/mol. The van der Waals surface area contributed by atoms with Crippen LogP contribution in [-0.4, -0.2) is 0 Å². The molecule has 1 aromatic carbocycles. The van der Waals surface area contributed by atoms with Crippen LogP contribution in [0.25, 0.3) is 0 Å². The van der Waals surface area contributed by atoms with Crippen LogP contribution in [0.15, 0.2) is 34.1 Å². The van der Waals surface area contributed by atoms with Gasteiger partial charge in [-0.3, -0.25) is 0 Å². The van der Waals surface area contributed by atoms with Gasteiger partial charge in [0.1, 0.15) is 5.82 Å². The van der Waals surface area contributed by atoms with E-state index in [9.17, 15) is 4.39 Å². The molecule has 1 aromatic heterocycles. The van der Waals surface area contributed by atoms with Crippen molar-refractivity contribution in [3.05, 3.63) is 44.8 Å². The molecule has 5 heteroatoms. The third-order valence-electron chi connectivity index (χ3n) is 2.14. The van der Waals surface area contributed by atoms with Crippen LogP contribution in [-0.2, 0) is 6.54 Å². The summed E-state index contributed by atoms with van der Waals surface area (Å²) in [6.07, 6.45) is 0. The Kier molecular flexibility index (Phi) is 3.46. The summed E-state index contributed by atoms with van der Waals surface area (Å²) in [4.78, 5) is 1.18. The lowest BCUT2D eigenvalue weighted by Gasteiger charge is -2.08. The predicted molar refractivity (Wildman–Crippen MR) is 70.2 cm³/mol. The average molecular weight is 301 g/mol. The Morgan fingerprint density at radius 3 is 2.81 bits per heavy atom. The number of hydrogen-bond donors (Lipinski definition) is 2. The van der Waals surface area contributed by atoms with Crippen LogP contribution in [0.2, 0.25) is 0 Å². The third kappa shape index (κ3) is 2.54. The third-order valence-corrected chi connectivity index (χ3v) is 4.07. The van der Waals surface area contributed by atoms with Gasteiger partial charge in [-0.05, 0) is 45.6 Å². The number of nitrogen functional groups attached to an aromatic ring is 1. The predicted octanol–water partition coefficient (Wildman–Crippen LogP) is 3.84. The van der Waals surface area contributed by atoms with Crippen molar-refractivity contribution in [3.8, 4) is 0 Å². The van der Waals surface area contributed by atoms with Gasteiger partial charge in [0, 0.05) is 9.35 Å². The van der Waals surface area contributed by atoms with E-state index in [1.807, 2.05) is 11.4 Å². The molecule has 2 rings (SSSR count). The molecule has 0 fully saturated rings. The fraction of sp³-hybridized carbons (Fsp3) is 0.0909. The molecule has 2 aromatic rings. The molecule has 1 heterocycles. The Bertz CT molecular complexity index is 498. The summed E-state index contributed by atoms with van der Waals surface area (Å²) < 4.78 is 13.9. The number of hydrogen-bond acceptors (Lipinski definition) is 3. The first-order chi connectivity index (χ1) is 7.66. The van der Waals surface area contributed by atoms with Crippen LogP contribution in [0.1, 0.15) is 4.88 Å². The molecule has 0 aliphatic rings. The van der Waals surface area contributed by atoms with E-state index in [1.54, 1.807) is 17.4 Å². The molecule has 0 bridgehead atoms. The van der Waals surface area contributed by atoms with Crippen LogP contribution in [0.4, 0.5) is 15.8 Å². The number of thiophene rings is 1. The van der Waals surface area contributed by atoms with Crippen molar-refractivity contribution in [1.29, 1.82) is 0 Å². The van der Waals surface area contributed by atoms with Gasteiger partial charge in [-0.2, -0.15) is 0 Å². The summed E-state index contributed by atoms with van der Waals surface area (Å²) in [5.41, 5.74) is 6.86. The van der Waals surface area contributed by atoms with Gasteiger partial charge in [0.25, 0.3) is 0 Å². The molecule has 0 amide bonds. The van der Waals surface area contributed by atoms with Crippen molar-refractivity contribution in [2.75, 3.05) is 11.1 Å². The normalized spacial score (nSPS) is 10.4. The van der Waals surface area contributed by atoms with Crippen molar-refractivity contribution in [2.45, 2.75) is 6.54 Å². The lowest BCUT2D eigenvalue weighted by molar-refractivity contribution is 0.628. The minimum atomic E-state index is -0.319. The molecule has 0 aliphatic carbocycles. The number of rotatable bonds is 3. The summed E-state index contributed by atoms with van der Waals surface area (Å²) in [7, 11) is 0. The number of nitrogens with one attached hydrogen (secondary N) is 1. The highest BCUT2D eigenvalue weighted by Gasteiger charge is 2.03. The van der Waals surface area contributed by atoms with Crippen LogP contribution in [0.5, 0.6) is 0 Å². The molecule has 0 spiro atoms. The highest BCUT2D eigenvalue weighted by Crippen LogP contribution is 2.25. The fourth-order valence-electron chi connectivity index (χ4n) is 1.32. The minimum absolute atomic E-state index is 0.319. The van der Waals surface area contributed by atoms with E-state index >= 15 is 0 Å². The van der Waals surface area contributed by atoms with Gasteiger partial charge in [0.05, 0.1) is 17.9 Å². The first-order valence-electron chi connectivity index (χ1n) is 4.67. The van der Waals surface area contributed by atoms with Crippen molar-refractivity contribution >= 4 is 38.6 Å². The molecule has 0 atom stereocenters. The molecule has 84 valence electrons. The highest BCUT2D eigenvalue weighted by molar-refractivity contribution is 9.10. The van der Waals surface area contributed by atoms with E-state index in [0.717, 1.165) is 10.2 Å². The Morgan fingerprint density at radius 2 is 2.19 bits per heavy atom. The minimum Gasteiger partial charge on any atom is -0.397 e. The second kappa shape index (κ2) is 4.84. The van der Waals surface area contributed by atoms with Gasteiger partial charge in [0.15, 0.2) is 0 Å². The van der Waals surface area contributed by atoms with E-state index in [4.69, 9.17) is 5.73 Å². The zero-order valence-electron chi connectivity index (χ0n) is 8.34. The molecule has 0 unspecified atom stereocenters. The Balaban J connectivity index is 2.08. The lowest BCUT2D eigenvalue weighted by Crippen LogP contribution is -2.01. The number of halogens is 2. The average Bonchev–Trinajstić information content (AvgIpc) is 2.63. The molecule has 0 saturated heterocycles. The van der Waals surface area contributed by atoms with Crippen LogP contribution in [0, 0.1) is 5.82 Å². The SMILES string of the molecule is Nc1cc(F)ccc1NCc1sccc1Br. The van der Waals surface area contributed by atoms with Gasteiger partial charge in [-0.15, -0.1) is 11.3 Å². The fourth-order valence-corrected chi connectivity index (χ4v) is 2.75. The Hall–Kier alpha value is -1.07. The van der Waals surface area contributed by atoms with Gasteiger partial charge < -0.3 is 11.1 Å². The molecule has 16 heavy (non-hydrogen) atoms. The molecule has 0 radical (unpaired) electrons. The molecule has 0 saturated carbocycles. The van der Waals surface area contributed by atoms with E-state index in [2.05, 4.69) is 21.2 Å². The summed E-state index contributed by atoms with van der Waals surface area (Å²) in [6.45, 7) is 0.675. The second-order valence-corrected chi connectivity index (χ2v) is 5.13. The summed E-state index contributed by atoms with van der Waals surface area (Å²) in [5, 5.41) is 5.18. The van der Waals surface area contributed by atoms with Crippen molar-refractivity contribution < 1.29 is 4.39 Å². The number of nitrogens with two attached hydrogens (primary N) is 1. The van der Waals surface area contributed by atoms with E-state index < -0.39 is 0 Å². The van der Waals surface area contributed by atoms with Crippen molar-refractivity contribution in [2.24, 2.45) is 0 Å². The zero-order chi connectivity index (χ0) is 11.5. The maximum Gasteiger partial charge on any atom is 0.125 e. The van der Waals surface area contributed by atoms with Crippen molar-refractivity contribution in [3.63, 3.8) is 0 Å². The largest absolute Gasteiger partial charge is 0.397 e. The molecule has 0 aliphatic heterocycles. The van der Waals surface area contributed by atoms with Crippen LogP contribution in [0.3, 0.4) is 0 Å². The summed E-state index contributed by atoms with van der Waals surface area (Å²) >= 11 is 5.10. The Morgan fingerprint density at radius 1 is 1.38 bits per heavy atom. The highest BCUT2D eigenvalue weighted by atomic mass is 79.9. The maximum absolute atomic E-state index is 12.8. The van der Waals surface area contributed by atoms with E-state index in [1.165, 1.54) is 17.0 Å². The quantitative estimate of drug-likeness (QED) is 0.845. The van der Waals surface area contributed by atoms with Gasteiger partial charge in [-0.1, -0.05) is 0 Å². The molecule has 2 nitrogen and oxygen atoms in total. The van der Waals surface area contributed by atoms with Gasteiger partial charge >= 0.3 is 0 Å². The summed E-state index contributed by atoms with van der Waals surface area (Å²) in [5.74, 6) is -0.319. The van der Waals surface area contributed by atoms with Crippen LogP contribution >= 0.6 is 27.3 Å². The topological polar surface area (TPSA) is 38.0 Å². The molecule has 3 N–H and O–H groups in total. The molecular formula is C11H10BrFN2S.